The molecule has 0 amide bonds. The second kappa shape index (κ2) is 6.33. The van der Waals surface area contributed by atoms with Gasteiger partial charge >= 0.3 is 5.97 Å². The molecule has 0 radical (unpaired) electrons. The smallest absolute Gasteiger partial charge is 0.307 e. The predicted octanol–water partition coefficient (Wildman–Crippen LogP) is 2.75. The van der Waals surface area contributed by atoms with Crippen LogP contribution in [0.4, 0.5) is 4.39 Å². The van der Waals surface area contributed by atoms with Gasteiger partial charge < -0.3 is 10.5 Å². The molecule has 96 valence electrons. The molecular weight excluding hydrogens is 312 g/mol. The van der Waals surface area contributed by atoms with Crippen LogP contribution in [0.2, 0.25) is 0 Å². The summed E-state index contributed by atoms with van der Waals surface area (Å²) in [6.07, 6.45) is 0.0432. The number of esters is 1. The van der Waals surface area contributed by atoms with Crippen molar-refractivity contribution in [3.8, 4) is 0 Å². The molecule has 0 aromatic heterocycles. The Morgan fingerprint density at radius 2 is 2.18 bits per heavy atom. The van der Waals surface area contributed by atoms with E-state index in [9.17, 15) is 9.18 Å². The molecule has 0 saturated carbocycles. The normalized spacial score (nSPS) is 13.5. The van der Waals surface area contributed by atoms with Gasteiger partial charge in [0.1, 0.15) is 5.82 Å². The second-order valence-electron chi connectivity index (χ2n) is 3.80. The van der Waals surface area contributed by atoms with Gasteiger partial charge in [-0.25, -0.2) is 4.39 Å². The number of carbonyl (C=O) groups is 1. The molecule has 0 saturated heterocycles. The minimum atomic E-state index is -0.872. The molecule has 0 fully saturated rings. The number of hydrogen-bond donors (Lipinski definition) is 1. The number of carbonyl (C=O) groups excluding carboxylic acids is 1. The van der Waals surface area contributed by atoms with E-state index < -0.39 is 11.5 Å². The highest BCUT2D eigenvalue weighted by Gasteiger charge is 2.26. The van der Waals surface area contributed by atoms with Gasteiger partial charge in [0, 0.05) is 5.54 Å². The van der Waals surface area contributed by atoms with Crippen molar-refractivity contribution >= 4 is 34.3 Å². The predicted molar refractivity (Wildman–Crippen MR) is 69.5 cm³/mol. The molecule has 0 heterocycles. The number of rotatable bonds is 3. The molecule has 0 aliphatic rings. The van der Waals surface area contributed by atoms with Crippen LogP contribution in [0.5, 0.6) is 0 Å². The molecule has 1 atom stereocenters. The molecule has 2 N–H and O–H groups in total. The van der Waals surface area contributed by atoms with E-state index in [-0.39, 0.29) is 24.6 Å². The number of hydrogen-bond acceptors (Lipinski definition) is 3. The van der Waals surface area contributed by atoms with Crippen molar-refractivity contribution in [1.29, 1.82) is 0 Å². The lowest BCUT2D eigenvalue weighted by molar-refractivity contribution is -0.141. The Bertz CT molecular complexity index is 412. The van der Waals surface area contributed by atoms with Crippen molar-refractivity contribution in [2.75, 3.05) is 7.11 Å². The van der Waals surface area contributed by atoms with Gasteiger partial charge in [-0.3, -0.25) is 4.79 Å². The number of nitrogens with two attached hydrogens (primary N) is 1. The van der Waals surface area contributed by atoms with Gasteiger partial charge in [0.05, 0.1) is 18.0 Å². The van der Waals surface area contributed by atoms with Crippen molar-refractivity contribution in [3.63, 3.8) is 0 Å². The maximum Gasteiger partial charge on any atom is 0.307 e. The van der Waals surface area contributed by atoms with E-state index in [1.165, 1.54) is 13.2 Å². The van der Waals surface area contributed by atoms with Gasteiger partial charge in [0.2, 0.25) is 0 Å². The molecule has 1 aromatic carbocycles. The highest BCUT2D eigenvalue weighted by molar-refractivity contribution is 9.10. The van der Waals surface area contributed by atoms with Crippen molar-refractivity contribution in [1.82, 2.24) is 0 Å². The van der Waals surface area contributed by atoms with Crippen LogP contribution in [0.15, 0.2) is 22.7 Å². The first-order valence-electron chi connectivity index (χ1n) is 4.68. The fourth-order valence-corrected chi connectivity index (χ4v) is 1.70. The molecule has 17 heavy (non-hydrogen) atoms. The standard InChI is InChI=1S/C11H13BrFNO2.ClH/c1-11(14,6-10(15)16-2)7-3-4-9(13)8(12)5-7;/h3-5H,6,14H2,1-2H3;1H/t11-;/m0./s1. The second-order valence-corrected chi connectivity index (χ2v) is 4.65. The third-order valence-corrected chi connectivity index (χ3v) is 2.93. The van der Waals surface area contributed by atoms with Crippen LogP contribution >= 0.6 is 28.3 Å². The minimum absolute atomic E-state index is 0. The molecule has 6 heteroatoms. The van der Waals surface area contributed by atoms with Crippen molar-refractivity contribution < 1.29 is 13.9 Å². The van der Waals surface area contributed by atoms with E-state index in [0.29, 0.717) is 10.0 Å². The SMILES string of the molecule is COC(=O)C[C@](C)(N)c1ccc(F)c(Br)c1.Cl. The van der Waals surface area contributed by atoms with Crippen LogP contribution in [0, 0.1) is 5.82 Å². The summed E-state index contributed by atoms with van der Waals surface area (Å²) in [5.41, 5.74) is 5.79. The number of benzene rings is 1. The minimum Gasteiger partial charge on any atom is -0.469 e. The van der Waals surface area contributed by atoms with Crippen molar-refractivity contribution in [3.05, 3.63) is 34.1 Å². The summed E-state index contributed by atoms with van der Waals surface area (Å²) in [6, 6.07) is 4.43. The number of ether oxygens (including phenoxy) is 1. The molecule has 0 aliphatic carbocycles. The van der Waals surface area contributed by atoms with E-state index in [4.69, 9.17) is 5.73 Å². The highest BCUT2D eigenvalue weighted by Crippen LogP contribution is 2.26. The Morgan fingerprint density at radius 1 is 1.59 bits per heavy atom. The van der Waals surface area contributed by atoms with Crippen LogP contribution in [-0.4, -0.2) is 13.1 Å². The topological polar surface area (TPSA) is 52.3 Å². The van der Waals surface area contributed by atoms with Crippen LogP contribution < -0.4 is 5.73 Å². The summed E-state index contributed by atoms with van der Waals surface area (Å²) in [5, 5.41) is 0. The van der Waals surface area contributed by atoms with Crippen LogP contribution in [0.3, 0.4) is 0 Å². The lowest BCUT2D eigenvalue weighted by Gasteiger charge is -2.24. The van der Waals surface area contributed by atoms with Crippen molar-refractivity contribution in [2.24, 2.45) is 5.73 Å². The Hall–Kier alpha value is -0.650. The Morgan fingerprint density at radius 3 is 2.65 bits per heavy atom. The molecule has 0 spiro atoms. The quantitative estimate of drug-likeness (QED) is 0.869. The third kappa shape index (κ3) is 4.26. The summed E-state index contributed by atoms with van der Waals surface area (Å²) >= 11 is 3.08. The first-order chi connectivity index (χ1) is 7.36. The number of halogens is 3. The largest absolute Gasteiger partial charge is 0.469 e. The van der Waals surface area contributed by atoms with Crippen LogP contribution in [-0.2, 0) is 15.1 Å². The molecule has 1 aromatic rings. The fourth-order valence-electron chi connectivity index (χ4n) is 1.33. The van der Waals surface area contributed by atoms with Gasteiger partial charge in [0.25, 0.3) is 0 Å². The number of methoxy groups -OCH3 is 1. The zero-order chi connectivity index (χ0) is 12.3. The summed E-state index contributed by atoms with van der Waals surface area (Å²) in [6.45, 7) is 1.70. The van der Waals surface area contributed by atoms with Crippen LogP contribution in [0.25, 0.3) is 0 Å². The molecule has 1 rings (SSSR count). The lowest BCUT2D eigenvalue weighted by Crippen LogP contribution is -2.36. The zero-order valence-electron chi connectivity index (χ0n) is 9.50. The maximum absolute atomic E-state index is 13.0. The van der Waals surface area contributed by atoms with E-state index in [1.807, 2.05) is 0 Å². The Labute approximate surface area is 114 Å². The van der Waals surface area contributed by atoms with E-state index in [2.05, 4.69) is 20.7 Å². The van der Waals surface area contributed by atoms with Gasteiger partial charge in [-0.1, -0.05) is 6.07 Å². The van der Waals surface area contributed by atoms with E-state index in [0.717, 1.165) is 0 Å². The monoisotopic (exact) mass is 325 g/mol. The summed E-state index contributed by atoms with van der Waals surface area (Å²) in [4.78, 5) is 11.2. The Kier molecular flexibility index (Phi) is 6.09. The van der Waals surface area contributed by atoms with E-state index >= 15 is 0 Å². The maximum atomic E-state index is 13.0. The van der Waals surface area contributed by atoms with Gasteiger partial charge in [-0.05, 0) is 40.5 Å². The zero-order valence-corrected chi connectivity index (χ0v) is 11.9. The van der Waals surface area contributed by atoms with E-state index in [1.54, 1.807) is 19.1 Å². The molecular formula is C11H14BrClFNO2. The summed E-state index contributed by atoms with van der Waals surface area (Å²) < 4.78 is 17.9. The third-order valence-electron chi connectivity index (χ3n) is 2.32. The average molecular weight is 327 g/mol. The Balaban J connectivity index is 0.00000256. The molecule has 0 unspecified atom stereocenters. The van der Waals surface area contributed by atoms with Gasteiger partial charge in [0.15, 0.2) is 0 Å². The van der Waals surface area contributed by atoms with Gasteiger partial charge in [-0.15, -0.1) is 12.4 Å². The summed E-state index contributed by atoms with van der Waals surface area (Å²) in [7, 11) is 1.30. The first kappa shape index (κ1) is 16.4. The fraction of sp³-hybridized carbons (Fsp3) is 0.364. The first-order valence-corrected chi connectivity index (χ1v) is 5.47. The highest BCUT2D eigenvalue weighted by atomic mass is 79.9. The lowest BCUT2D eigenvalue weighted by atomic mass is 9.90. The molecule has 0 bridgehead atoms. The van der Waals surface area contributed by atoms with Crippen molar-refractivity contribution in [2.45, 2.75) is 18.9 Å². The average Bonchev–Trinajstić information content (AvgIpc) is 2.21. The molecule has 0 aliphatic heterocycles. The van der Waals surface area contributed by atoms with Crippen LogP contribution in [0.1, 0.15) is 18.9 Å². The summed E-state index contributed by atoms with van der Waals surface area (Å²) in [5.74, 6) is -0.761. The van der Waals surface area contributed by atoms with Gasteiger partial charge in [-0.2, -0.15) is 0 Å². The molecule has 3 nitrogen and oxygen atoms in total.